The van der Waals surface area contributed by atoms with E-state index in [1.54, 1.807) is 11.3 Å². The molecule has 0 atom stereocenters. The Labute approximate surface area is 104 Å². The lowest BCUT2D eigenvalue weighted by molar-refractivity contribution is 1.43. The Balaban J connectivity index is 2.77. The maximum Gasteiger partial charge on any atom is 0.0489 e. The monoisotopic (exact) mass is 342 g/mol. The molecular weight excluding hydrogens is 338 g/mol. The summed E-state index contributed by atoms with van der Waals surface area (Å²) in [6.45, 7) is 0. The zero-order chi connectivity index (χ0) is 9.42. The van der Waals surface area contributed by atoms with Crippen molar-refractivity contribution in [3.63, 3.8) is 0 Å². The van der Waals surface area contributed by atoms with Crippen LogP contribution in [0.5, 0.6) is 0 Å². The van der Waals surface area contributed by atoms with Crippen LogP contribution in [0.4, 0.5) is 0 Å². The molecular formula is C9H5Cl2IS. The van der Waals surface area contributed by atoms with E-state index in [1.165, 1.54) is 13.7 Å². The summed E-state index contributed by atoms with van der Waals surface area (Å²) in [6.07, 6.45) is 0. The smallest absolute Gasteiger partial charge is 0.0489 e. The van der Waals surface area contributed by atoms with Crippen molar-refractivity contribution in [2.24, 2.45) is 0 Å². The minimum absolute atomic E-state index is 0.473. The molecule has 0 radical (unpaired) electrons. The van der Waals surface area contributed by atoms with Gasteiger partial charge < -0.3 is 0 Å². The van der Waals surface area contributed by atoms with Crippen LogP contribution in [-0.2, 0) is 5.88 Å². The molecule has 0 saturated heterocycles. The summed E-state index contributed by atoms with van der Waals surface area (Å²) < 4.78 is 2.49. The van der Waals surface area contributed by atoms with Gasteiger partial charge in [-0.3, -0.25) is 0 Å². The van der Waals surface area contributed by atoms with E-state index in [-0.39, 0.29) is 0 Å². The lowest BCUT2D eigenvalue weighted by Crippen LogP contribution is -1.79. The van der Waals surface area contributed by atoms with E-state index >= 15 is 0 Å². The fourth-order valence-electron chi connectivity index (χ4n) is 1.17. The van der Waals surface area contributed by atoms with E-state index in [0.29, 0.717) is 5.88 Å². The summed E-state index contributed by atoms with van der Waals surface area (Å²) in [5, 5.41) is 4.14. The molecule has 0 spiro atoms. The second kappa shape index (κ2) is 3.93. The third-order valence-corrected chi connectivity index (χ3v) is 4.74. The Morgan fingerprint density at radius 1 is 1.38 bits per heavy atom. The van der Waals surface area contributed by atoms with Crippen LogP contribution < -0.4 is 0 Å². The highest BCUT2D eigenvalue weighted by atomic mass is 127. The fraction of sp³-hybridized carbons (Fsp3) is 0.111. The number of benzene rings is 1. The molecule has 1 aromatic carbocycles. The quantitative estimate of drug-likeness (QED) is 0.511. The van der Waals surface area contributed by atoms with Gasteiger partial charge in [0.15, 0.2) is 0 Å². The van der Waals surface area contributed by atoms with E-state index in [2.05, 4.69) is 34.0 Å². The Kier molecular flexibility index (Phi) is 3.03. The van der Waals surface area contributed by atoms with Gasteiger partial charge in [-0.2, -0.15) is 0 Å². The summed E-state index contributed by atoms with van der Waals surface area (Å²) in [4.78, 5) is 0. The van der Waals surface area contributed by atoms with Gasteiger partial charge in [-0.15, -0.1) is 22.9 Å². The highest BCUT2D eigenvalue weighted by Gasteiger charge is 2.06. The van der Waals surface area contributed by atoms with Crippen LogP contribution in [0.25, 0.3) is 10.1 Å². The van der Waals surface area contributed by atoms with Crippen LogP contribution in [-0.4, -0.2) is 0 Å². The van der Waals surface area contributed by atoms with E-state index in [0.717, 1.165) is 10.6 Å². The van der Waals surface area contributed by atoms with Gasteiger partial charge in [0.1, 0.15) is 0 Å². The topological polar surface area (TPSA) is 0 Å². The van der Waals surface area contributed by atoms with Gasteiger partial charge in [0.25, 0.3) is 0 Å². The molecule has 0 fully saturated rings. The molecule has 0 N–H and O–H groups in total. The number of halogens is 3. The molecule has 0 aliphatic carbocycles. The average Bonchev–Trinajstić information content (AvgIpc) is 2.46. The summed E-state index contributed by atoms with van der Waals surface area (Å²) in [6, 6.07) is 4.06. The minimum Gasteiger partial charge on any atom is -0.143 e. The van der Waals surface area contributed by atoms with Crippen molar-refractivity contribution >= 4 is 67.2 Å². The van der Waals surface area contributed by atoms with Gasteiger partial charge >= 0.3 is 0 Å². The third-order valence-electron chi connectivity index (χ3n) is 1.84. The highest BCUT2D eigenvalue weighted by Crippen LogP contribution is 2.32. The van der Waals surface area contributed by atoms with E-state index < -0.39 is 0 Å². The van der Waals surface area contributed by atoms with Crippen molar-refractivity contribution < 1.29 is 0 Å². The van der Waals surface area contributed by atoms with E-state index in [1.807, 2.05) is 6.07 Å². The molecule has 1 heterocycles. The van der Waals surface area contributed by atoms with Crippen molar-refractivity contribution in [2.45, 2.75) is 5.88 Å². The molecule has 0 unspecified atom stereocenters. The lowest BCUT2D eigenvalue weighted by Gasteiger charge is -1.99. The number of fused-ring (bicyclic) bond motifs is 1. The summed E-state index contributed by atoms with van der Waals surface area (Å²) in [5.41, 5.74) is 1.01. The average molecular weight is 343 g/mol. The second-order valence-electron chi connectivity index (χ2n) is 2.66. The number of hydrogen-bond acceptors (Lipinski definition) is 1. The number of alkyl halides is 1. The van der Waals surface area contributed by atoms with Crippen LogP contribution in [0, 0.1) is 3.57 Å². The molecule has 0 amide bonds. The van der Waals surface area contributed by atoms with Gasteiger partial charge in [-0.25, -0.2) is 0 Å². The van der Waals surface area contributed by atoms with Gasteiger partial charge in [0, 0.05) is 29.9 Å². The number of hydrogen-bond donors (Lipinski definition) is 0. The first-order chi connectivity index (χ1) is 6.22. The molecule has 1 aromatic heterocycles. The molecule has 0 aliphatic heterocycles. The maximum absolute atomic E-state index is 6.03. The molecule has 2 aromatic rings. The lowest BCUT2D eigenvalue weighted by atomic mass is 10.2. The molecule has 2 rings (SSSR count). The number of rotatable bonds is 1. The van der Waals surface area contributed by atoms with Gasteiger partial charge in [-0.1, -0.05) is 11.6 Å². The van der Waals surface area contributed by atoms with Crippen LogP contribution in [0.15, 0.2) is 17.5 Å². The van der Waals surface area contributed by atoms with Crippen molar-refractivity contribution in [1.82, 2.24) is 0 Å². The van der Waals surface area contributed by atoms with Crippen LogP contribution >= 0.6 is 57.1 Å². The highest BCUT2D eigenvalue weighted by molar-refractivity contribution is 14.1. The van der Waals surface area contributed by atoms with Crippen LogP contribution in [0.2, 0.25) is 5.02 Å². The van der Waals surface area contributed by atoms with Gasteiger partial charge in [0.05, 0.1) is 0 Å². The Morgan fingerprint density at radius 3 is 2.85 bits per heavy atom. The van der Waals surface area contributed by atoms with Crippen LogP contribution in [0.3, 0.4) is 0 Å². The fourth-order valence-corrected chi connectivity index (χ4v) is 3.60. The number of thiophene rings is 1. The third kappa shape index (κ3) is 1.82. The summed E-state index contributed by atoms with van der Waals surface area (Å²) in [7, 11) is 0. The second-order valence-corrected chi connectivity index (χ2v) is 5.40. The predicted molar refractivity (Wildman–Crippen MR) is 69.1 cm³/mol. The van der Waals surface area contributed by atoms with Crippen molar-refractivity contribution in [1.29, 1.82) is 0 Å². The minimum atomic E-state index is 0.473. The van der Waals surface area contributed by atoms with E-state index in [9.17, 15) is 0 Å². The van der Waals surface area contributed by atoms with Crippen LogP contribution in [0.1, 0.15) is 5.56 Å². The zero-order valence-electron chi connectivity index (χ0n) is 6.48. The Bertz CT molecular complexity index is 450. The molecule has 4 heteroatoms. The standard InChI is InChI=1S/C9H5Cl2IS/c10-3-5-1-6-8(12)4-13-9(6)2-7(5)11/h1-2,4H,3H2. The normalized spacial score (nSPS) is 11.0. The molecule has 13 heavy (non-hydrogen) atoms. The predicted octanol–water partition coefficient (Wildman–Crippen LogP) is 4.90. The SMILES string of the molecule is ClCc1cc2c(I)csc2cc1Cl. The molecule has 0 aliphatic rings. The molecule has 0 nitrogen and oxygen atoms in total. The maximum atomic E-state index is 6.03. The molecule has 68 valence electrons. The van der Waals surface area contributed by atoms with Crippen molar-refractivity contribution in [2.75, 3.05) is 0 Å². The van der Waals surface area contributed by atoms with Gasteiger partial charge in [-0.05, 0) is 40.3 Å². The van der Waals surface area contributed by atoms with Gasteiger partial charge in [0.2, 0.25) is 0 Å². The Hall–Kier alpha value is 0.490. The summed E-state index contributed by atoms with van der Waals surface area (Å²) >= 11 is 15.8. The first-order valence-electron chi connectivity index (χ1n) is 3.63. The summed E-state index contributed by atoms with van der Waals surface area (Å²) in [5.74, 6) is 0.473. The first kappa shape index (κ1) is 10.0. The van der Waals surface area contributed by atoms with Crippen molar-refractivity contribution in [3.05, 3.63) is 31.7 Å². The largest absolute Gasteiger partial charge is 0.143 e. The van der Waals surface area contributed by atoms with Crippen molar-refractivity contribution in [3.8, 4) is 0 Å². The molecule has 0 saturated carbocycles. The Morgan fingerprint density at radius 2 is 2.15 bits per heavy atom. The first-order valence-corrected chi connectivity index (χ1v) is 6.50. The zero-order valence-corrected chi connectivity index (χ0v) is 11.0. The van der Waals surface area contributed by atoms with E-state index in [4.69, 9.17) is 23.2 Å². The molecule has 0 bridgehead atoms.